The zero-order chi connectivity index (χ0) is 16.5. The quantitative estimate of drug-likeness (QED) is 0.675. The van der Waals surface area contributed by atoms with Crippen LogP contribution in [0.15, 0.2) is 54.6 Å². The highest BCUT2D eigenvalue weighted by Gasteiger charge is 2.19. The Morgan fingerprint density at radius 1 is 0.957 bits per heavy atom. The maximum absolute atomic E-state index is 9.65. The van der Waals surface area contributed by atoms with Crippen molar-refractivity contribution in [2.75, 3.05) is 13.1 Å². The maximum Gasteiger partial charge on any atom is 0.127 e. The average molecular weight is 308 g/mol. The summed E-state index contributed by atoms with van der Waals surface area (Å²) in [6.45, 7) is 6.14. The Kier molecular flexibility index (Phi) is 6.65. The van der Waals surface area contributed by atoms with Crippen LogP contribution >= 0.6 is 0 Å². The lowest BCUT2D eigenvalue weighted by molar-refractivity contribution is 0.236. The van der Waals surface area contributed by atoms with Crippen molar-refractivity contribution < 1.29 is 4.74 Å². The van der Waals surface area contributed by atoms with Gasteiger partial charge in [-0.3, -0.25) is 4.90 Å². The minimum Gasteiger partial charge on any atom is -0.457 e. The summed E-state index contributed by atoms with van der Waals surface area (Å²) in [6, 6.07) is 19.8. The molecule has 0 amide bonds. The molecule has 0 aliphatic heterocycles. The summed E-state index contributed by atoms with van der Waals surface area (Å²) in [5.41, 5.74) is 0.989. The molecule has 0 spiro atoms. The molecule has 0 bridgehead atoms. The van der Waals surface area contributed by atoms with Crippen LogP contribution < -0.4 is 4.74 Å². The molecule has 23 heavy (non-hydrogen) atoms. The second-order valence-corrected chi connectivity index (χ2v) is 5.56. The van der Waals surface area contributed by atoms with E-state index in [4.69, 9.17) is 4.74 Å². The Morgan fingerprint density at radius 2 is 1.61 bits per heavy atom. The van der Waals surface area contributed by atoms with Gasteiger partial charge in [0, 0.05) is 0 Å². The third kappa shape index (κ3) is 4.84. The highest BCUT2D eigenvalue weighted by Crippen LogP contribution is 2.27. The molecule has 0 N–H and O–H groups in total. The summed E-state index contributed by atoms with van der Waals surface area (Å²) in [5, 5.41) is 9.65. The molecular weight excluding hydrogens is 284 g/mol. The highest BCUT2D eigenvalue weighted by molar-refractivity contribution is 5.36. The van der Waals surface area contributed by atoms with Gasteiger partial charge in [0.25, 0.3) is 0 Å². The van der Waals surface area contributed by atoms with Crippen molar-refractivity contribution in [1.82, 2.24) is 4.90 Å². The number of hydrogen-bond acceptors (Lipinski definition) is 3. The SMILES string of the molecule is CCCN(CCC)C(C#N)c1cccc(Oc2ccccc2)c1. The fraction of sp³-hybridized carbons (Fsp3) is 0.350. The zero-order valence-electron chi connectivity index (χ0n) is 13.9. The van der Waals surface area contributed by atoms with Crippen LogP contribution in [-0.2, 0) is 0 Å². The van der Waals surface area contributed by atoms with E-state index in [0.29, 0.717) is 0 Å². The first-order chi connectivity index (χ1) is 11.3. The molecule has 0 saturated carbocycles. The van der Waals surface area contributed by atoms with Crippen LogP contribution in [0.1, 0.15) is 38.3 Å². The summed E-state index contributed by atoms with van der Waals surface area (Å²) in [5.74, 6) is 1.57. The van der Waals surface area contributed by atoms with Gasteiger partial charge >= 0.3 is 0 Å². The van der Waals surface area contributed by atoms with Crippen molar-refractivity contribution in [3.8, 4) is 17.6 Å². The second-order valence-electron chi connectivity index (χ2n) is 5.56. The van der Waals surface area contributed by atoms with Gasteiger partial charge in [-0.15, -0.1) is 0 Å². The second kappa shape index (κ2) is 8.97. The summed E-state index contributed by atoms with van der Waals surface area (Å²) < 4.78 is 5.89. The molecule has 0 radical (unpaired) electrons. The van der Waals surface area contributed by atoms with E-state index in [1.165, 1.54) is 0 Å². The van der Waals surface area contributed by atoms with Crippen LogP contribution in [0.3, 0.4) is 0 Å². The van der Waals surface area contributed by atoms with Crippen molar-refractivity contribution in [1.29, 1.82) is 5.26 Å². The van der Waals surface area contributed by atoms with Crippen LogP contribution in [0.4, 0.5) is 0 Å². The third-order valence-corrected chi connectivity index (χ3v) is 3.66. The summed E-state index contributed by atoms with van der Waals surface area (Å²) in [6.07, 6.45) is 2.08. The Bertz CT molecular complexity index is 628. The monoisotopic (exact) mass is 308 g/mol. The fourth-order valence-electron chi connectivity index (χ4n) is 2.68. The van der Waals surface area contributed by atoms with Crippen molar-refractivity contribution in [2.45, 2.75) is 32.7 Å². The molecule has 0 saturated heterocycles. The Labute approximate surface area is 139 Å². The molecule has 0 heterocycles. The minimum atomic E-state index is -0.228. The molecule has 120 valence electrons. The normalized spacial score (nSPS) is 11.9. The predicted octanol–water partition coefficient (Wildman–Crippen LogP) is 5.17. The van der Waals surface area contributed by atoms with Gasteiger partial charge in [-0.25, -0.2) is 0 Å². The zero-order valence-corrected chi connectivity index (χ0v) is 13.9. The molecule has 2 aromatic carbocycles. The van der Waals surface area contributed by atoms with E-state index in [-0.39, 0.29) is 6.04 Å². The van der Waals surface area contributed by atoms with Crippen molar-refractivity contribution in [3.63, 3.8) is 0 Å². The van der Waals surface area contributed by atoms with Gasteiger partial charge in [-0.1, -0.05) is 44.2 Å². The third-order valence-electron chi connectivity index (χ3n) is 3.66. The van der Waals surface area contributed by atoms with Gasteiger partial charge in [0.05, 0.1) is 6.07 Å². The van der Waals surface area contributed by atoms with Crippen LogP contribution in [-0.4, -0.2) is 18.0 Å². The Hall–Kier alpha value is -2.31. The summed E-state index contributed by atoms with van der Waals surface area (Å²) in [4.78, 5) is 2.24. The molecule has 2 rings (SSSR count). The van der Waals surface area contributed by atoms with E-state index >= 15 is 0 Å². The van der Waals surface area contributed by atoms with E-state index in [1.54, 1.807) is 0 Å². The number of nitrogens with zero attached hydrogens (tertiary/aromatic N) is 2. The lowest BCUT2D eigenvalue weighted by Gasteiger charge is -2.26. The molecular formula is C20H24N2O. The molecule has 3 nitrogen and oxygen atoms in total. The van der Waals surface area contributed by atoms with E-state index in [2.05, 4.69) is 24.8 Å². The minimum absolute atomic E-state index is 0.228. The predicted molar refractivity (Wildman–Crippen MR) is 93.5 cm³/mol. The van der Waals surface area contributed by atoms with E-state index < -0.39 is 0 Å². The number of hydrogen-bond donors (Lipinski definition) is 0. The number of nitriles is 1. The van der Waals surface area contributed by atoms with Crippen molar-refractivity contribution in [2.24, 2.45) is 0 Å². The molecule has 1 unspecified atom stereocenters. The Balaban J connectivity index is 2.21. The van der Waals surface area contributed by atoms with E-state index in [1.807, 2.05) is 54.6 Å². The number of rotatable bonds is 8. The van der Waals surface area contributed by atoms with Gasteiger partial charge in [0.15, 0.2) is 0 Å². The van der Waals surface area contributed by atoms with E-state index in [9.17, 15) is 5.26 Å². The topological polar surface area (TPSA) is 36.3 Å². The van der Waals surface area contributed by atoms with Crippen LogP contribution in [0.2, 0.25) is 0 Å². The van der Waals surface area contributed by atoms with Crippen molar-refractivity contribution in [3.05, 3.63) is 60.2 Å². The maximum atomic E-state index is 9.65. The molecule has 3 heteroatoms. The highest BCUT2D eigenvalue weighted by atomic mass is 16.5. The average Bonchev–Trinajstić information content (AvgIpc) is 2.57. The van der Waals surface area contributed by atoms with Crippen LogP contribution in [0.25, 0.3) is 0 Å². The lowest BCUT2D eigenvalue weighted by Crippen LogP contribution is -2.29. The Morgan fingerprint density at radius 3 is 2.22 bits per heavy atom. The van der Waals surface area contributed by atoms with Gasteiger partial charge < -0.3 is 4.74 Å². The number of ether oxygens (including phenoxy) is 1. The first kappa shape index (κ1) is 17.1. The number of para-hydroxylation sites is 1. The largest absolute Gasteiger partial charge is 0.457 e. The molecule has 0 aromatic heterocycles. The van der Waals surface area contributed by atoms with Crippen LogP contribution in [0.5, 0.6) is 11.5 Å². The molecule has 0 aliphatic carbocycles. The molecule has 2 aromatic rings. The van der Waals surface area contributed by atoms with Gasteiger partial charge in [0.2, 0.25) is 0 Å². The van der Waals surface area contributed by atoms with Gasteiger partial charge in [-0.05, 0) is 55.8 Å². The van der Waals surface area contributed by atoms with Gasteiger partial charge in [0.1, 0.15) is 17.5 Å². The molecule has 0 aliphatic rings. The first-order valence-electron chi connectivity index (χ1n) is 8.25. The smallest absolute Gasteiger partial charge is 0.127 e. The number of benzene rings is 2. The van der Waals surface area contributed by atoms with Crippen LogP contribution in [0, 0.1) is 11.3 Å². The standard InChI is InChI=1S/C20H24N2O/c1-3-13-22(14-4-2)20(16-21)17-9-8-12-19(15-17)23-18-10-6-5-7-11-18/h5-12,15,20H,3-4,13-14H2,1-2H3. The summed E-state index contributed by atoms with van der Waals surface area (Å²) in [7, 11) is 0. The lowest BCUT2D eigenvalue weighted by atomic mass is 10.1. The first-order valence-corrected chi connectivity index (χ1v) is 8.25. The fourth-order valence-corrected chi connectivity index (χ4v) is 2.68. The van der Waals surface area contributed by atoms with Gasteiger partial charge in [-0.2, -0.15) is 5.26 Å². The molecule has 0 fully saturated rings. The summed E-state index contributed by atoms with van der Waals surface area (Å²) >= 11 is 0. The van der Waals surface area contributed by atoms with E-state index in [0.717, 1.165) is 43.0 Å². The van der Waals surface area contributed by atoms with Crippen molar-refractivity contribution >= 4 is 0 Å². The molecule has 1 atom stereocenters.